The summed E-state index contributed by atoms with van der Waals surface area (Å²) in [6.45, 7) is 0.900. The molecule has 18 heavy (non-hydrogen) atoms. The number of nitrogens with two attached hydrogens (primary N) is 1. The molecule has 1 aliphatic rings. The molecule has 1 aromatic rings. The summed E-state index contributed by atoms with van der Waals surface area (Å²) in [6.07, 6.45) is 5.27. The van der Waals surface area contributed by atoms with Gasteiger partial charge in [-0.15, -0.1) is 0 Å². The molecule has 1 aromatic heterocycles. The monoisotopic (exact) mass is 269 g/mol. The lowest BCUT2D eigenvalue weighted by Gasteiger charge is -2.49. The number of nitrogens with zero attached hydrogens (tertiary/aromatic N) is 4. The Hall–Kier alpha value is -1.07. The number of anilines is 2. The Morgan fingerprint density at radius 1 is 1.39 bits per heavy atom. The van der Waals surface area contributed by atoms with Crippen LogP contribution in [0.25, 0.3) is 0 Å². The minimum absolute atomic E-state index is 0.235. The number of hydrogen-bond acceptors (Lipinski definition) is 5. The Labute approximate surface area is 113 Å². The Morgan fingerprint density at radius 2 is 2.06 bits per heavy atom. The summed E-state index contributed by atoms with van der Waals surface area (Å²) in [6, 6.07) is 0. The average Bonchev–Trinajstić information content (AvgIpc) is 2.26. The summed E-state index contributed by atoms with van der Waals surface area (Å²) in [4.78, 5) is 12.5. The summed E-state index contributed by atoms with van der Waals surface area (Å²) < 4.78 is 0. The molecule has 5 nitrogen and oxygen atoms in total. The molecule has 0 spiro atoms. The van der Waals surface area contributed by atoms with Crippen LogP contribution in [-0.2, 0) is 0 Å². The van der Waals surface area contributed by atoms with Crippen molar-refractivity contribution < 1.29 is 0 Å². The average molecular weight is 270 g/mol. The van der Waals surface area contributed by atoms with Crippen molar-refractivity contribution in [3.05, 3.63) is 11.5 Å². The number of rotatable bonds is 4. The van der Waals surface area contributed by atoms with E-state index in [-0.39, 0.29) is 10.8 Å². The highest BCUT2D eigenvalue weighted by atomic mass is 35.5. The van der Waals surface area contributed by atoms with E-state index in [1.54, 1.807) is 6.20 Å². The highest BCUT2D eigenvalue weighted by Crippen LogP contribution is 2.37. The standard InChI is InChI=1S/C12H20ClN5/c1-17(2)12(5-4-6-12)8-18(3)10-9(14)7-15-11(13)16-10/h7H,4-6,8,14H2,1-3H3. The predicted molar refractivity (Wildman–Crippen MR) is 75.0 cm³/mol. The molecule has 1 fully saturated rings. The SMILES string of the molecule is CN(CC1(N(C)C)CCC1)c1nc(Cl)ncc1N. The lowest BCUT2D eigenvalue weighted by Crippen LogP contribution is -2.57. The molecule has 0 amide bonds. The van der Waals surface area contributed by atoms with E-state index in [9.17, 15) is 0 Å². The van der Waals surface area contributed by atoms with Gasteiger partial charge in [0.15, 0.2) is 5.82 Å². The van der Waals surface area contributed by atoms with E-state index in [1.165, 1.54) is 19.3 Å². The van der Waals surface area contributed by atoms with Crippen molar-refractivity contribution in [2.45, 2.75) is 24.8 Å². The number of hydrogen-bond donors (Lipinski definition) is 1. The third-order valence-electron chi connectivity index (χ3n) is 3.89. The molecule has 0 bridgehead atoms. The van der Waals surface area contributed by atoms with E-state index in [2.05, 4.69) is 33.9 Å². The quantitative estimate of drug-likeness (QED) is 0.842. The zero-order chi connectivity index (χ0) is 13.3. The van der Waals surface area contributed by atoms with E-state index in [1.807, 2.05) is 7.05 Å². The van der Waals surface area contributed by atoms with Crippen molar-refractivity contribution in [3.63, 3.8) is 0 Å². The molecule has 1 aliphatic carbocycles. The van der Waals surface area contributed by atoms with Gasteiger partial charge in [0, 0.05) is 19.1 Å². The molecule has 1 saturated carbocycles. The Balaban J connectivity index is 2.16. The van der Waals surface area contributed by atoms with Crippen LogP contribution in [0.3, 0.4) is 0 Å². The Kier molecular flexibility index (Phi) is 3.64. The van der Waals surface area contributed by atoms with Gasteiger partial charge in [0.2, 0.25) is 5.28 Å². The maximum absolute atomic E-state index is 5.91. The topological polar surface area (TPSA) is 58.3 Å². The molecule has 2 rings (SSSR count). The van der Waals surface area contributed by atoms with Crippen LogP contribution < -0.4 is 10.6 Å². The highest BCUT2D eigenvalue weighted by Gasteiger charge is 2.40. The van der Waals surface area contributed by atoms with Crippen molar-refractivity contribution in [1.82, 2.24) is 14.9 Å². The largest absolute Gasteiger partial charge is 0.394 e. The van der Waals surface area contributed by atoms with E-state index >= 15 is 0 Å². The van der Waals surface area contributed by atoms with Gasteiger partial charge < -0.3 is 15.5 Å². The van der Waals surface area contributed by atoms with Crippen LogP contribution in [-0.4, -0.2) is 48.1 Å². The zero-order valence-electron chi connectivity index (χ0n) is 11.1. The van der Waals surface area contributed by atoms with Gasteiger partial charge in [-0.2, -0.15) is 4.98 Å². The van der Waals surface area contributed by atoms with Crippen LogP contribution >= 0.6 is 11.6 Å². The van der Waals surface area contributed by atoms with Crippen molar-refractivity contribution >= 4 is 23.1 Å². The maximum Gasteiger partial charge on any atom is 0.224 e. The molecule has 0 aromatic carbocycles. The van der Waals surface area contributed by atoms with Gasteiger partial charge in [0.05, 0.1) is 11.9 Å². The van der Waals surface area contributed by atoms with Crippen molar-refractivity contribution in [3.8, 4) is 0 Å². The molecular weight excluding hydrogens is 250 g/mol. The molecular formula is C12H20ClN5. The number of halogens is 1. The number of aromatic nitrogens is 2. The van der Waals surface area contributed by atoms with Gasteiger partial charge in [-0.05, 0) is 45.0 Å². The second-order valence-corrected chi connectivity index (χ2v) is 5.58. The van der Waals surface area contributed by atoms with Gasteiger partial charge in [-0.1, -0.05) is 0 Å². The second kappa shape index (κ2) is 4.90. The predicted octanol–water partition coefficient (Wildman–Crippen LogP) is 1.63. The lowest BCUT2D eigenvalue weighted by atomic mass is 9.75. The van der Waals surface area contributed by atoms with E-state index in [4.69, 9.17) is 17.3 Å². The van der Waals surface area contributed by atoms with Gasteiger partial charge in [0.25, 0.3) is 0 Å². The van der Waals surface area contributed by atoms with Crippen LogP contribution in [0.1, 0.15) is 19.3 Å². The zero-order valence-corrected chi connectivity index (χ0v) is 11.9. The van der Waals surface area contributed by atoms with Crippen molar-refractivity contribution in [2.24, 2.45) is 0 Å². The fourth-order valence-electron chi connectivity index (χ4n) is 2.52. The highest BCUT2D eigenvalue weighted by molar-refractivity contribution is 6.28. The van der Waals surface area contributed by atoms with Crippen LogP contribution in [0.2, 0.25) is 5.28 Å². The fraction of sp³-hybridized carbons (Fsp3) is 0.667. The lowest BCUT2D eigenvalue weighted by molar-refractivity contribution is 0.0682. The minimum atomic E-state index is 0.235. The Morgan fingerprint density at radius 3 is 2.56 bits per heavy atom. The first kappa shape index (κ1) is 13.4. The number of nitrogen functional groups attached to an aromatic ring is 1. The summed E-state index contributed by atoms with van der Waals surface area (Å²) in [5, 5.41) is 0.235. The van der Waals surface area contributed by atoms with Gasteiger partial charge in [0.1, 0.15) is 0 Å². The molecule has 0 unspecified atom stereocenters. The van der Waals surface area contributed by atoms with Crippen LogP contribution in [0, 0.1) is 0 Å². The minimum Gasteiger partial charge on any atom is -0.394 e. The fourth-order valence-corrected chi connectivity index (χ4v) is 2.64. The summed E-state index contributed by atoms with van der Waals surface area (Å²) in [5.41, 5.74) is 6.71. The number of likely N-dealkylation sites (N-methyl/N-ethyl adjacent to an activating group) is 2. The summed E-state index contributed by atoms with van der Waals surface area (Å²) >= 11 is 5.83. The van der Waals surface area contributed by atoms with Gasteiger partial charge in [-0.3, -0.25) is 0 Å². The van der Waals surface area contributed by atoms with Crippen LogP contribution in [0.4, 0.5) is 11.5 Å². The third kappa shape index (κ3) is 2.37. The maximum atomic E-state index is 5.91. The smallest absolute Gasteiger partial charge is 0.224 e. The van der Waals surface area contributed by atoms with Gasteiger partial charge >= 0.3 is 0 Å². The van der Waals surface area contributed by atoms with Crippen molar-refractivity contribution in [2.75, 3.05) is 38.3 Å². The van der Waals surface area contributed by atoms with E-state index in [0.29, 0.717) is 11.5 Å². The van der Waals surface area contributed by atoms with E-state index < -0.39 is 0 Å². The normalized spacial score (nSPS) is 17.6. The molecule has 0 atom stereocenters. The molecule has 6 heteroatoms. The van der Waals surface area contributed by atoms with Crippen LogP contribution in [0.15, 0.2) is 6.20 Å². The third-order valence-corrected chi connectivity index (χ3v) is 4.07. The second-order valence-electron chi connectivity index (χ2n) is 5.25. The molecule has 2 N–H and O–H groups in total. The molecule has 1 heterocycles. The Bertz CT molecular complexity index is 430. The van der Waals surface area contributed by atoms with Crippen molar-refractivity contribution in [1.29, 1.82) is 0 Å². The first-order valence-electron chi connectivity index (χ1n) is 6.11. The molecule has 0 radical (unpaired) electrons. The summed E-state index contributed by atoms with van der Waals surface area (Å²) in [5.74, 6) is 0.711. The summed E-state index contributed by atoms with van der Waals surface area (Å²) in [7, 11) is 6.26. The molecule has 100 valence electrons. The molecule has 0 aliphatic heterocycles. The first-order valence-corrected chi connectivity index (χ1v) is 6.49. The van der Waals surface area contributed by atoms with Gasteiger partial charge in [-0.25, -0.2) is 4.98 Å². The first-order chi connectivity index (χ1) is 8.44. The van der Waals surface area contributed by atoms with Crippen LogP contribution in [0.5, 0.6) is 0 Å². The van der Waals surface area contributed by atoms with E-state index in [0.717, 1.165) is 6.54 Å². The molecule has 0 saturated heterocycles.